The second kappa shape index (κ2) is 10.5. The number of benzene rings is 2. The third-order valence-corrected chi connectivity index (χ3v) is 6.64. The van der Waals surface area contributed by atoms with Gasteiger partial charge in [0.2, 0.25) is 5.91 Å². The number of hydrogen-bond donors (Lipinski definition) is 1. The number of rotatable bonds is 7. The van der Waals surface area contributed by atoms with Crippen LogP contribution in [-0.4, -0.2) is 33.4 Å². The van der Waals surface area contributed by atoms with Gasteiger partial charge in [0.05, 0.1) is 5.92 Å². The predicted molar refractivity (Wildman–Crippen MR) is 129 cm³/mol. The molecule has 1 N–H and O–H groups in total. The summed E-state index contributed by atoms with van der Waals surface area (Å²) in [5, 5.41) is 4.44. The van der Waals surface area contributed by atoms with Crippen LogP contribution in [0.4, 0.5) is 0 Å². The van der Waals surface area contributed by atoms with Crippen molar-refractivity contribution in [1.82, 2.24) is 19.8 Å². The van der Waals surface area contributed by atoms with Gasteiger partial charge in [-0.3, -0.25) is 9.69 Å². The summed E-state index contributed by atoms with van der Waals surface area (Å²) in [5.41, 5.74) is 3.36. The maximum atomic E-state index is 12.8. The van der Waals surface area contributed by atoms with Gasteiger partial charge < -0.3 is 9.88 Å². The van der Waals surface area contributed by atoms with E-state index in [9.17, 15) is 4.79 Å². The van der Waals surface area contributed by atoms with E-state index in [0.717, 1.165) is 56.0 Å². The van der Waals surface area contributed by atoms with E-state index >= 15 is 0 Å². The van der Waals surface area contributed by atoms with Crippen LogP contribution in [0.5, 0.6) is 0 Å². The number of hydrogen-bond acceptors (Lipinski definition) is 3. The Kier molecular flexibility index (Phi) is 7.51. The maximum Gasteiger partial charge on any atom is 0.224 e. The van der Waals surface area contributed by atoms with Gasteiger partial charge in [-0.2, -0.15) is 0 Å². The lowest BCUT2D eigenvalue weighted by atomic mass is 9.96. The van der Waals surface area contributed by atoms with Crippen molar-refractivity contribution in [1.29, 1.82) is 0 Å². The van der Waals surface area contributed by atoms with E-state index in [0.29, 0.717) is 16.6 Å². The molecule has 1 unspecified atom stereocenters. The van der Waals surface area contributed by atoms with Crippen LogP contribution in [0.2, 0.25) is 10.0 Å². The molecule has 1 aliphatic heterocycles. The Morgan fingerprint density at radius 2 is 1.91 bits per heavy atom. The molecule has 1 aromatic heterocycles. The largest absolute Gasteiger partial charge is 0.352 e. The number of carbonyl (C=O) groups excluding carboxylic acids is 1. The van der Waals surface area contributed by atoms with Gasteiger partial charge >= 0.3 is 0 Å². The number of aryl methyl sites for hydroxylation is 1. The fourth-order valence-electron chi connectivity index (χ4n) is 4.17. The quantitative estimate of drug-likeness (QED) is 0.523. The van der Waals surface area contributed by atoms with Gasteiger partial charge in [-0.15, -0.1) is 0 Å². The molecule has 1 aliphatic rings. The summed E-state index contributed by atoms with van der Waals surface area (Å²) in [6.45, 7) is 5.79. The van der Waals surface area contributed by atoms with Crippen LogP contribution in [-0.2, 0) is 24.4 Å². The van der Waals surface area contributed by atoms with E-state index in [4.69, 9.17) is 23.2 Å². The molecule has 3 aromatic rings. The Bertz CT molecular complexity index is 1060. The van der Waals surface area contributed by atoms with E-state index in [2.05, 4.69) is 44.0 Å². The van der Waals surface area contributed by atoms with Gasteiger partial charge in [-0.1, -0.05) is 53.5 Å². The number of carbonyl (C=O) groups is 1. The van der Waals surface area contributed by atoms with Crippen molar-refractivity contribution < 1.29 is 4.79 Å². The summed E-state index contributed by atoms with van der Waals surface area (Å²) >= 11 is 12.3. The molecule has 0 spiro atoms. The molecule has 2 aromatic carbocycles. The lowest BCUT2D eigenvalue weighted by molar-refractivity contribution is -0.126. The number of nitrogens with zero attached hydrogens (tertiary/aromatic N) is 3. The van der Waals surface area contributed by atoms with E-state index in [-0.39, 0.29) is 11.8 Å². The first-order chi connectivity index (χ1) is 15.5. The van der Waals surface area contributed by atoms with Crippen LogP contribution >= 0.6 is 23.2 Å². The van der Waals surface area contributed by atoms with Crippen molar-refractivity contribution in [2.45, 2.75) is 39.4 Å². The van der Waals surface area contributed by atoms with Gasteiger partial charge in [0.1, 0.15) is 5.82 Å². The highest BCUT2D eigenvalue weighted by Gasteiger charge is 2.26. The monoisotopic (exact) mass is 470 g/mol. The smallest absolute Gasteiger partial charge is 0.224 e. The third-order valence-electron chi connectivity index (χ3n) is 6.05. The zero-order chi connectivity index (χ0) is 22.5. The average Bonchev–Trinajstić information content (AvgIpc) is 3.19. The molecule has 168 valence electrons. The van der Waals surface area contributed by atoms with Crippen LogP contribution in [0, 0.1) is 12.8 Å². The highest BCUT2D eigenvalue weighted by atomic mass is 35.5. The van der Waals surface area contributed by atoms with Crippen molar-refractivity contribution >= 4 is 29.1 Å². The number of aromatic nitrogens is 2. The standard InChI is InChI=1S/C25H28Cl2N4O/c1-18-28-10-12-31(18)15-20-6-4-19(5-7-20)14-29-25(32)22-3-2-11-30(17-22)16-21-8-9-23(26)13-24(21)27/h4-10,12-13,22H,2-3,11,14-17H2,1H3,(H,29,32). The highest BCUT2D eigenvalue weighted by Crippen LogP contribution is 2.25. The molecule has 1 amide bonds. The molecule has 0 saturated carbocycles. The summed E-state index contributed by atoms with van der Waals surface area (Å²) in [6, 6.07) is 14.0. The molecule has 0 radical (unpaired) electrons. The Morgan fingerprint density at radius 3 is 2.62 bits per heavy atom. The van der Waals surface area contributed by atoms with Crippen LogP contribution < -0.4 is 5.32 Å². The van der Waals surface area contributed by atoms with Crippen molar-refractivity contribution in [2.24, 2.45) is 5.92 Å². The topological polar surface area (TPSA) is 50.2 Å². The first-order valence-electron chi connectivity index (χ1n) is 11.0. The molecule has 1 fully saturated rings. The maximum absolute atomic E-state index is 12.8. The van der Waals surface area contributed by atoms with Crippen molar-refractivity contribution in [3.63, 3.8) is 0 Å². The average molecular weight is 471 g/mol. The molecule has 1 atom stereocenters. The molecule has 5 nitrogen and oxygen atoms in total. The van der Waals surface area contributed by atoms with Crippen LogP contribution in [0.3, 0.4) is 0 Å². The number of piperidine rings is 1. The Hall–Kier alpha value is -2.34. The number of amides is 1. The van der Waals surface area contributed by atoms with E-state index in [1.54, 1.807) is 6.07 Å². The Morgan fingerprint density at radius 1 is 1.12 bits per heavy atom. The van der Waals surface area contributed by atoms with Crippen molar-refractivity contribution in [3.05, 3.63) is 87.4 Å². The molecule has 1 saturated heterocycles. The summed E-state index contributed by atoms with van der Waals surface area (Å²) < 4.78 is 2.11. The molecular weight excluding hydrogens is 443 g/mol. The van der Waals surface area contributed by atoms with E-state index in [1.165, 1.54) is 5.56 Å². The minimum Gasteiger partial charge on any atom is -0.352 e. The summed E-state index contributed by atoms with van der Waals surface area (Å²) in [4.78, 5) is 19.4. The van der Waals surface area contributed by atoms with Gasteiger partial charge in [-0.25, -0.2) is 4.98 Å². The second-order valence-corrected chi connectivity index (χ2v) is 9.29. The number of nitrogens with one attached hydrogen (secondary N) is 1. The second-order valence-electron chi connectivity index (χ2n) is 8.45. The molecular formula is C25H28Cl2N4O. The minimum atomic E-state index is -0.00156. The molecule has 7 heteroatoms. The summed E-state index contributed by atoms with van der Waals surface area (Å²) in [7, 11) is 0. The van der Waals surface area contributed by atoms with Crippen LogP contribution in [0.25, 0.3) is 0 Å². The van der Waals surface area contributed by atoms with Gasteiger partial charge in [0, 0.05) is 48.6 Å². The van der Waals surface area contributed by atoms with E-state index in [1.807, 2.05) is 31.5 Å². The number of imidazole rings is 1. The first kappa shape index (κ1) is 22.8. The third kappa shape index (κ3) is 5.91. The Labute approximate surface area is 199 Å². The Balaban J connectivity index is 1.27. The fraction of sp³-hybridized carbons (Fsp3) is 0.360. The fourth-order valence-corrected chi connectivity index (χ4v) is 4.64. The number of halogens is 2. The van der Waals surface area contributed by atoms with Crippen molar-refractivity contribution in [2.75, 3.05) is 13.1 Å². The minimum absolute atomic E-state index is 0.00156. The summed E-state index contributed by atoms with van der Waals surface area (Å²) in [6.07, 6.45) is 5.72. The molecule has 32 heavy (non-hydrogen) atoms. The van der Waals surface area contributed by atoms with E-state index < -0.39 is 0 Å². The van der Waals surface area contributed by atoms with Crippen molar-refractivity contribution in [3.8, 4) is 0 Å². The molecule has 4 rings (SSSR count). The van der Waals surface area contributed by atoms with Crippen LogP contribution in [0.1, 0.15) is 35.4 Å². The van der Waals surface area contributed by atoms with Crippen LogP contribution in [0.15, 0.2) is 54.9 Å². The zero-order valence-corrected chi connectivity index (χ0v) is 19.7. The highest BCUT2D eigenvalue weighted by molar-refractivity contribution is 6.35. The zero-order valence-electron chi connectivity index (χ0n) is 18.2. The lowest BCUT2D eigenvalue weighted by Crippen LogP contribution is -2.42. The lowest BCUT2D eigenvalue weighted by Gasteiger charge is -2.32. The first-order valence-corrected chi connectivity index (χ1v) is 11.7. The van der Waals surface area contributed by atoms with Gasteiger partial charge in [0.15, 0.2) is 0 Å². The molecule has 0 aliphatic carbocycles. The summed E-state index contributed by atoms with van der Waals surface area (Å²) in [5.74, 6) is 1.12. The van der Waals surface area contributed by atoms with Gasteiger partial charge in [0.25, 0.3) is 0 Å². The normalized spacial score (nSPS) is 16.8. The number of likely N-dealkylation sites (tertiary alicyclic amines) is 1. The SMILES string of the molecule is Cc1nccn1Cc1ccc(CNC(=O)C2CCCN(Cc3ccc(Cl)cc3Cl)C2)cc1. The molecule has 2 heterocycles. The predicted octanol–water partition coefficient (Wildman–Crippen LogP) is 5.08. The molecule has 0 bridgehead atoms. The van der Waals surface area contributed by atoms with Gasteiger partial charge in [-0.05, 0) is 55.1 Å².